The summed E-state index contributed by atoms with van der Waals surface area (Å²) < 4.78 is 5.15. The van der Waals surface area contributed by atoms with E-state index in [0.29, 0.717) is 13.0 Å². The smallest absolute Gasteiger partial charge is 0.221 e. The third-order valence-electron chi connectivity index (χ3n) is 2.84. The molecule has 0 radical (unpaired) electrons. The molecule has 0 fully saturated rings. The zero-order valence-electron chi connectivity index (χ0n) is 11.1. The van der Waals surface area contributed by atoms with Gasteiger partial charge in [-0.1, -0.05) is 19.1 Å². The number of rotatable bonds is 7. The first-order chi connectivity index (χ1) is 8.65. The highest BCUT2D eigenvalue weighted by atomic mass is 16.5. The predicted octanol–water partition coefficient (Wildman–Crippen LogP) is 1.48. The van der Waals surface area contributed by atoms with E-state index >= 15 is 0 Å². The monoisotopic (exact) mass is 250 g/mol. The number of ether oxygens (including phenoxy) is 1. The van der Waals surface area contributed by atoms with Crippen LogP contribution < -0.4 is 15.8 Å². The van der Waals surface area contributed by atoms with Gasteiger partial charge >= 0.3 is 0 Å². The van der Waals surface area contributed by atoms with Crippen molar-refractivity contribution >= 4 is 5.91 Å². The van der Waals surface area contributed by atoms with E-state index in [1.165, 1.54) is 0 Å². The van der Waals surface area contributed by atoms with Crippen LogP contribution >= 0.6 is 0 Å². The van der Waals surface area contributed by atoms with Gasteiger partial charge in [0.2, 0.25) is 5.91 Å². The van der Waals surface area contributed by atoms with Crippen molar-refractivity contribution in [1.29, 1.82) is 0 Å². The molecule has 0 aromatic heterocycles. The topological polar surface area (TPSA) is 64.4 Å². The van der Waals surface area contributed by atoms with Gasteiger partial charge in [-0.2, -0.15) is 0 Å². The molecule has 1 amide bonds. The van der Waals surface area contributed by atoms with Crippen molar-refractivity contribution in [3.63, 3.8) is 0 Å². The minimum absolute atomic E-state index is 0.0206. The molecule has 0 spiro atoms. The Labute approximate surface area is 109 Å². The summed E-state index contributed by atoms with van der Waals surface area (Å²) in [6.45, 7) is 2.61. The zero-order chi connectivity index (χ0) is 13.4. The van der Waals surface area contributed by atoms with Gasteiger partial charge < -0.3 is 15.8 Å². The number of nitrogens with two attached hydrogens (primary N) is 1. The van der Waals surface area contributed by atoms with Crippen molar-refractivity contribution in [3.8, 4) is 5.75 Å². The molecule has 0 aliphatic heterocycles. The molecule has 1 atom stereocenters. The lowest BCUT2D eigenvalue weighted by Crippen LogP contribution is -2.32. The second-order valence-corrected chi connectivity index (χ2v) is 4.32. The van der Waals surface area contributed by atoms with Crippen LogP contribution in [0.2, 0.25) is 0 Å². The fourth-order valence-electron chi connectivity index (χ4n) is 1.63. The van der Waals surface area contributed by atoms with Crippen LogP contribution in [-0.4, -0.2) is 25.6 Å². The second kappa shape index (κ2) is 7.71. The maximum Gasteiger partial charge on any atom is 0.221 e. The first-order valence-electron chi connectivity index (χ1n) is 6.31. The first kappa shape index (κ1) is 14.5. The van der Waals surface area contributed by atoms with Crippen LogP contribution in [0.4, 0.5) is 0 Å². The molecule has 1 unspecified atom stereocenters. The Balaban J connectivity index is 2.30. The van der Waals surface area contributed by atoms with Gasteiger partial charge in [0.25, 0.3) is 0 Å². The van der Waals surface area contributed by atoms with E-state index in [0.717, 1.165) is 24.2 Å². The minimum atomic E-state index is -0.0400. The number of benzene rings is 1. The molecule has 1 rings (SSSR count). The Kier molecular flexibility index (Phi) is 6.22. The average Bonchev–Trinajstić information content (AvgIpc) is 2.38. The van der Waals surface area contributed by atoms with E-state index in [4.69, 9.17) is 10.5 Å². The van der Waals surface area contributed by atoms with E-state index in [2.05, 4.69) is 5.32 Å². The summed E-state index contributed by atoms with van der Waals surface area (Å²) in [6, 6.07) is 7.81. The number of amides is 1. The van der Waals surface area contributed by atoms with Gasteiger partial charge in [-0.25, -0.2) is 0 Å². The van der Waals surface area contributed by atoms with Gasteiger partial charge in [0, 0.05) is 19.0 Å². The molecular weight excluding hydrogens is 228 g/mol. The van der Waals surface area contributed by atoms with Crippen LogP contribution in [0.3, 0.4) is 0 Å². The molecule has 4 nitrogen and oxygen atoms in total. The molecule has 100 valence electrons. The van der Waals surface area contributed by atoms with Crippen LogP contribution in [0.5, 0.6) is 5.75 Å². The zero-order valence-corrected chi connectivity index (χ0v) is 11.1. The van der Waals surface area contributed by atoms with Gasteiger partial charge in [-0.3, -0.25) is 4.79 Å². The maximum atomic E-state index is 11.5. The van der Waals surface area contributed by atoms with Gasteiger partial charge in [-0.15, -0.1) is 0 Å². The van der Waals surface area contributed by atoms with Gasteiger partial charge in [0.15, 0.2) is 0 Å². The van der Waals surface area contributed by atoms with Crippen LogP contribution in [0.15, 0.2) is 24.3 Å². The molecule has 0 bridgehead atoms. The van der Waals surface area contributed by atoms with E-state index in [1.54, 1.807) is 7.11 Å². The molecule has 0 heterocycles. The van der Waals surface area contributed by atoms with Crippen molar-refractivity contribution in [3.05, 3.63) is 29.8 Å². The van der Waals surface area contributed by atoms with Gasteiger partial charge in [0.1, 0.15) is 5.75 Å². The molecule has 0 aliphatic rings. The maximum absolute atomic E-state index is 11.5. The van der Waals surface area contributed by atoms with E-state index < -0.39 is 0 Å². The molecular formula is C14H22N2O2. The molecule has 3 N–H and O–H groups in total. The van der Waals surface area contributed by atoms with E-state index in [1.807, 2.05) is 31.2 Å². The average molecular weight is 250 g/mol. The highest BCUT2D eigenvalue weighted by molar-refractivity contribution is 5.76. The summed E-state index contributed by atoms with van der Waals surface area (Å²) in [5, 5.41) is 2.87. The highest BCUT2D eigenvalue weighted by Crippen LogP contribution is 2.12. The third kappa shape index (κ3) is 5.19. The largest absolute Gasteiger partial charge is 0.497 e. The first-order valence-corrected chi connectivity index (χ1v) is 6.31. The van der Waals surface area contributed by atoms with Crippen LogP contribution in [0.1, 0.15) is 25.3 Å². The SMILES string of the molecule is CCC(N)CC(=O)NCCc1cccc(OC)c1. The van der Waals surface area contributed by atoms with Crippen LogP contribution in [-0.2, 0) is 11.2 Å². The number of nitrogens with one attached hydrogen (secondary N) is 1. The second-order valence-electron chi connectivity index (χ2n) is 4.32. The standard InChI is InChI=1S/C14H22N2O2/c1-3-12(15)10-14(17)16-8-7-11-5-4-6-13(9-11)18-2/h4-6,9,12H,3,7-8,10,15H2,1-2H3,(H,16,17). The van der Waals surface area contributed by atoms with E-state index in [9.17, 15) is 4.79 Å². The third-order valence-corrected chi connectivity index (χ3v) is 2.84. The summed E-state index contributed by atoms with van der Waals surface area (Å²) in [6.07, 6.45) is 2.02. The van der Waals surface area contributed by atoms with Crippen molar-refractivity contribution < 1.29 is 9.53 Å². The molecule has 0 aliphatic carbocycles. The number of carbonyl (C=O) groups excluding carboxylic acids is 1. The Morgan fingerprint density at radius 3 is 2.94 bits per heavy atom. The summed E-state index contributed by atoms with van der Waals surface area (Å²) in [5.41, 5.74) is 6.86. The van der Waals surface area contributed by atoms with Gasteiger partial charge in [0.05, 0.1) is 7.11 Å². The Bertz CT molecular complexity index is 380. The van der Waals surface area contributed by atoms with Crippen molar-refractivity contribution in [2.24, 2.45) is 5.73 Å². The molecule has 18 heavy (non-hydrogen) atoms. The Morgan fingerprint density at radius 1 is 1.50 bits per heavy atom. The van der Waals surface area contributed by atoms with Crippen LogP contribution in [0, 0.1) is 0 Å². The van der Waals surface area contributed by atoms with Crippen LogP contribution in [0.25, 0.3) is 0 Å². The predicted molar refractivity (Wildman–Crippen MR) is 72.6 cm³/mol. The summed E-state index contributed by atoms with van der Waals surface area (Å²) in [4.78, 5) is 11.5. The molecule has 0 saturated carbocycles. The van der Waals surface area contributed by atoms with Crippen molar-refractivity contribution in [2.45, 2.75) is 32.2 Å². The van der Waals surface area contributed by atoms with E-state index in [-0.39, 0.29) is 11.9 Å². The fraction of sp³-hybridized carbons (Fsp3) is 0.500. The lowest BCUT2D eigenvalue weighted by Gasteiger charge is -2.09. The lowest BCUT2D eigenvalue weighted by atomic mass is 10.1. The number of carbonyl (C=O) groups is 1. The minimum Gasteiger partial charge on any atom is -0.497 e. The highest BCUT2D eigenvalue weighted by Gasteiger charge is 2.06. The summed E-state index contributed by atoms with van der Waals surface area (Å²) >= 11 is 0. The quantitative estimate of drug-likeness (QED) is 0.770. The lowest BCUT2D eigenvalue weighted by molar-refractivity contribution is -0.121. The molecule has 0 saturated heterocycles. The van der Waals surface area contributed by atoms with Crippen molar-refractivity contribution in [1.82, 2.24) is 5.32 Å². The molecule has 1 aromatic rings. The normalized spacial score (nSPS) is 11.9. The number of hydrogen-bond donors (Lipinski definition) is 2. The van der Waals surface area contributed by atoms with Gasteiger partial charge in [-0.05, 0) is 30.5 Å². The van der Waals surface area contributed by atoms with Crippen molar-refractivity contribution in [2.75, 3.05) is 13.7 Å². The summed E-state index contributed by atoms with van der Waals surface area (Å²) in [7, 11) is 1.65. The summed E-state index contributed by atoms with van der Waals surface area (Å²) in [5.74, 6) is 0.860. The molecule has 4 heteroatoms. The number of hydrogen-bond acceptors (Lipinski definition) is 3. The molecule has 1 aromatic carbocycles. The Morgan fingerprint density at radius 2 is 2.28 bits per heavy atom. The fourth-order valence-corrected chi connectivity index (χ4v) is 1.63. The number of methoxy groups -OCH3 is 1. The Hall–Kier alpha value is -1.55.